The molecule has 1 aromatic carbocycles. The van der Waals surface area contributed by atoms with Gasteiger partial charge in [-0.25, -0.2) is 0 Å². The van der Waals surface area contributed by atoms with Crippen LogP contribution < -0.4 is 10.1 Å². The Kier molecular flexibility index (Phi) is 5.86. The highest BCUT2D eigenvalue weighted by molar-refractivity contribution is 7.99. The topological polar surface area (TPSA) is 21.3 Å². The molecule has 0 amide bonds. The molecule has 0 spiro atoms. The van der Waals surface area contributed by atoms with Crippen molar-refractivity contribution in [3.8, 4) is 5.75 Å². The molecule has 19 heavy (non-hydrogen) atoms. The van der Waals surface area contributed by atoms with Crippen LogP contribution in [-0.2, 0) is 0 Å². The van der Waals surface area contributed by atoms with E-state index in [1.54, 1.807) is 7.11 Å². The second-order valence-corrected chi connectivity index (χ2v) is 6.53. The van der Waals surface area contributed by atoms with Crippen LogP contribution in [0.1, 0.15) is 31.4 Å². The van der Waals surface area contributed by atoms with Crippen LogP contribution in [0.15, 0.2) is 18.2 Å². The first-order valence-electron chi connectivity index (χ1n) is 6.90. The van der Waals surface area contributed by atoms with Gasteiger partial charge in [-0.1, -0.05) is 18.5 Å². The van der Waals surface area contributed by atoms with Crippen molar-refractivity contribution in [2.75, 3.05) is 25.2 Å². The predicted molar refractivity (Wildman–Crippen MR) is 84.5 cm³/mol. The van der Waals surface area contributed by atoms with Gasteiger partial charge in [-0.3, -0.25) is 0 Å². The quantitative estimate of drug-likeness (QED) is 0.853. The largest absolute Gasteiger partial charge is 0.496 e. The Bertz CT molecular complexity index is 407. The molecule has 106 valence electrons. The van der Waals surface area contributed by atoms with Crippen molar-refractivity contribution in [3.63, 3.8) is 0 Å². The fraction of sp³-hybridized carbons (Fsp3) is 0.600. The Morgan fingerprint density at radius 1 is 1.53 bits per heavy atom. The molecule has 1 N–H and O–H groups in total. The van der Waals surface area contributed by atoms with Gasteiger partial charge in [-0.05, 0) is 55.0 Å². The number of methoxy groups -OCH3 is 1. The molecule has 1 saturated heterocycles. The van der Waals surface area contributed by atoms with E-state index in [9.17, 15) is 0 Å². The highest BCUT2D eigenvalue weighted by Crippen LogP contribution is 2.38. The van der Waals surface area contributed by atoms with E-state index in [1.807, 2.05) is 23.9 Å². The Labute approximate surface area is 125 Å². The molecule has 0 radical (unpaired) electrons. The van der Waals surface area contributed by atoms with Crippen molar-refractivity contribution in [3.05, 3.63) is 28.8 Å². The molecule has 2 rings (SSSR count). The molecule has 0 aliphatic carbocycles. The van der Waals surface area contributed by atoms with Crippen LogP contribution in [0.5, 0.6) is 5.75 Å². The number of halogens is 1. The summed E-state index contributed by atoms with van der Waals surface area (Å²) in [6.45, 7) is 3.23. The molecular formula is C15H22ClNOS. The lowest BCUT2D eigenvalue weighted by atomic mass is 9.91. The van der Waals surface area contributed by atoms with Crippen molar-refractivity contribution >= 4 is 23.4 Å². The monoisotopic (exact) mass is 299 g/mol. The number of rotatable bonds is 6. The third-order valence-electron chi connectivity index (χ3n) is 3.58. The smallest absolute Gasteiger partial charge is 0.123 e. The molecular weight excluding hydrogens is 278 g/mol. The van der Waals surface area contributed by atoms with Gasteiger partial charge in [0.05, 0.1) is 7.11 Å². The lowest BCUT2D eigenvalue weighted by Crippen LogP contribution is -2.29. The normalized spacial score (nSPS) is 20.5. The molecule has 1 aliphatic rings. The molecule has 1 aliphatic heterocycles. The van der Waals surface area contributed by atoms with Crippen LogP contribution in [0.2, 0.25) is 5.02 Å². The maximum atomic E-state index is 6.17. The second-order valence-electron chi connectivity index (χ2n) is 4.94. The maximum absolute atomic E-state index is 6.17. The summed E-state index contributed by atoms with van der Waals surface area (Å²) in [7, 11) is 1.73. The van der Waals surface area contributed by atoms with Crippen molar-refractivity contribution in [2.45, 2.75) is 25.8 Å². The zero-order chi connectivity index (χ0) is 13.7. The number of nitrogens with one attached hydrogen (secondary N) is 1. The van der Waals surface area contributed by atoms with E-state index < -0.39 is 0 Å². The molecule has 1 fully saturated rings. The minimum Gasteiger partial charge on any atom is -0.496 e. The average molecular weight is 300 g/mol. The summed E-state index contributed by atoms with van der Waals surface area (Å²) >= 11 is 8.21. The number of ether oxygens (including phenoxy) is 1. The van der Waals surface area contributed by atoms with Crippen LogP contribution in [0.25, 0.3) is 0 Å². The van der Waals surface area contributed by atoms with Gasteiger partial charge in [0.1, 0.15) is 5.75 Å². The van der Waals surface area contributed by atoms with Crippen molar-refractivity contribution in [2.24, 2.45) is 5.92 Å². The van der Waals surface area contributed by atoms with Crippen LogP contribution in [0.4, 0.5) is 0 Å². The van der Waals surface area contributed by atoms with Crippen LogP contribution in [-0.4, -0.2) is 25.2 Å². The first kappa shape index (κ1) is 15.0. The highest BCUT2D eigenvalue weighted by atomic mass is 35.5. The third kappa shape index (κ3) is 3.80. The molecule has 0 aromatic heterocycles. The number of hydrogen-bond acceptors (Lipinski definition) is 3. The van der Waals surface area contributed by atoms with E-state index in [4.69, 9.17) is 16.3 Å². The van der Waals surface area contributed by atoms with Gasteiger partial charge in [0.25, 0.3) is 0 Å². The van der Waals surface area contributed by atoms with E-state index in [-0.39, 0.29) is 0 Å². The fourth-order valence-electron chi connectivity index (χ4n) is 2.59. The summed E-state index contributed by atoms with van der Waals surface area (Å²) in [6, 6.07) is 6.27. The van der Waals surface area contributed by atoms with E-state index in [1.165, 1.54) is 23.5 Å². The van der Waals surface area contributed by atoms with E-state index in [0.29, 0.717) is 12.0 Å². The minimum atomic E-state index is 0.351. The Morgan fingerprint density at radius 2 is 2.37 bits per heavy atom. The molecule has 4 heteroatoms. The fourth-order valence-corrected chi connectivity index (χ4v) is 4.07. The number of thioether (sulfide) groups is 1. The van der Waals surface area contributed by atoms with Gasteiger partial charge in [0.2, 0.25) is 0 Å². The maximum Gasteiger partial charge on any atom is 0.123 e. The van der Waals surface area contributed by atoms with Crippen molar-refractivity contribution < 1.29 is 4.74 Å². The summed E-state index contributed by atoms with van der Waals surface area (Å²) in [6.07, 6.45) is 2.40. The van der Waals surface area contributed by atoms with Gasteiger partial charge >= 0.3 is 0 Å². The van der Waals surface area contributed by atoms with E-state index >= 15 is 0 Å². The summed E-state index contributed by atoms with van der Waals surface area (Å²) in [4.78, 5) is 0. The first-order chi connectivity index (χ1) is 9.26. The van der Waals surface area contributed by atoms with Gasteiger partial charge < -0.3 is 10.1 Å². The summed E-state index contributed by atoms with van der Waals surface area (Å²) in [5.74, 6) is 4.09. The summed E-state index contributed by atoms with van der Waals surface area (Å²) < 4.78 is 5.52. The third-order valence-corrected chi connectivity index (χ3v) is 5.00. The lowest BCUT2D eigenvalue weighted by Gasteiger charge is -2.26. The standard InChI is InChI=1S/C15H22ClNOS/c1-3-7-17-15(11-6-8-19-10-11)13-9-12(16)4-5-14(13)18-2/h4-5,9,11,15,17H,3,6-8,10H2,1-2H3. The first-order valence-corrected chi connectivity index (χ1v) is 8.44. The Balaban J connectivity index is 2.27. The Hall–Kier alpha value is -0.380. The molecule has 2 unspecified atom stereocenters. The SMILES string of the molecule is CCCNC(c1cc(Cl)ccc1OC)C1CCSC1. The van der Waals surface area contributed by atoms with E-state index in [0.717, 1.165) is 23.7 Å². The molecule has 2 atom stereocenters. The van der Waals surface area contributed by atoms with Gasteiger partial charge in [0.15, 0.2) is 0 Å². The minimum absolute atomic E-state index is 0.351. The van der Waals surface area contributed by atoms with Crippen molar-refractivity contribution in [1.82, 2.24) is 5.32 Å². The van der Waals surface area contributed by atoms with Gasteiger partial charge in [0, 0.05) is 16.6 Å². The molecule has 1 heterocycles. The molecule has 0 saturated carbocycles. The van der Waals surface area contributed by atoms with Crippen LogP contribution >= 0.6 is 23.4 Å². The van der Waals surface area contributed by atoms with Crippen molar-refractivity contribution in [1.29, 1.82) is 0 Å². The second kappa shape index (κ2) is 7.41. The number of hydrogen-bond donors (Lipinski definition) is 1. The predicted octanol–water partition coefficient (Wildman–Crippen LogP) is 4.14. The zero-order valence-corrected chi connectivity index (χ0v) is 13.2. The average Bonchev–Trinajstić information content (AvgIpc) is 2.93. The van der Waals surface area contributed by atoms with Crippen LogP contribution in [0.3, 0.4) is 0 Å². The number of benzene rings is 1. The van der Waals surface area contributed by atoms with Gasteiger partial charge in [-0.2, -0.15) is 11.8 Å². The summed E-state index contributed by atoms with van der Waals surface area (Å²) in [5, 5.41) is 4.46. The molecule has 0 bridgehead atoms. The van der Waals surface area contributed by atoms with E-state index in [2.05, 4.69) is 18.3 Å². The van der Waals surface area contributed by atoms with Gasteiger partial charge in [-0.15, -0.1) is 0 Å². The highest BCUT2D eigenvalue weighted by Gasteiger charge is 2.28. The molecule has 1 aromatic rings. The lowest BCUT2D eigenvalue weighted by molar-refractivity contribution is 0.361. The molecule has 2 nitrogen and oxygen atoms in total. The zero-order valence-electron chi connectivity index (χ0n) is 11.6. The van der Waals surface area contributed by atoms with Crippen LogP contribution in [0, 0.1) is 5.92 Å². The Morgan fingerprint density at radius 3 is 3.00 bits per heavy atom. The summed E-state index contributed by atoms with van der Waals surface area (Å²) in [5.41, 5.74) is 1.20.